The lowest BCUT2D eigenvalue weighted by Crippen LogP contribution is -2.38. The van der Waals surface area contributed by atoms with E-state index in [9.17, 15) is 14.7 Å². The summed E-state index contributed by atoms with van der Waals surface area (Å²) in [5.41, 5.74) is 2.23. The van der Waals surface area contributed by atoms with Crippen LogP contribution in [0.4, 0.5) is 0 Å². The van der Waals surface area contributed by atoms with Crippen molar-refractivity contribution in [1.29, 1.82) is 0 Å². The second kappa shape index (κ2) is 8.33. The Morgan fingerprint density at radius 1 is 0.960 bits per heavy atom. The van der Waals surface area contributed by atoms with E-state index in [-0.39, 0.29) is 24.3 Å². The number of benzene rings is 2. The maximum Gasteiger partial charge on any atom is 0.338 e. The van der Waals surface area contributed by atoms with Gasteiger partial charge in [0.25, 0.3) is 5.91 Å². The van der Waals surface area contributed by atoms with E-state index in [4.69, 9.17) is 4.74 Å². The lowest BCUT2D eigenvalue weighted by Gasteiger charge is -2.17. The number of carbonyl (C=O) groups is 2. The number of hydrogen-bond acceptors (Lipinski definition) is 4. The standard InChI is InChI=1S/C20H23NO4/c1-13(2)14(3)21-19(23)12-25-20(24)17-6-4-15(5-7-17)16-8-10-18(22)11-9-16/h4-11,13-14,22H,12H2,1-3H3,(H,21,23)/t14-/m0/s1. The molecule has 132 valence electrons. The summed E-state index contributed by atoms with van der Waals surface area (Å²) in [5, 5.41) is 12.1. The molecule has 1 atom stereocenters. The molecule has 0 saturated carbocycles. The van der Waals surface area contributed by atoms with Gasteiger partial charge in [-0.3, -0.25) is 4.79 Å². The zero-order valence-corrected chi connectivity index (χ0v) is 14.7. The summed E-state index contributed by atoms with van der Waals surface area (Å²) < 4.78 is 5.05. The summed E-state index contributed by atoms with van der Waals surface area (Å²) in [5.74, 6) is -0.332. The minimum atomic E-state index is -0.537. The Kier molecular flexibility index (Phi) is 6.17. The SMILES string of the molecule is CC(C)[C@H](C)NC(=O)COC(=O)c1ccc(-c2ccc(O)cc2)cc1. The molecule has 0 bridgehead atoms. The zero-order chi connectivity index (χ0) is 18.4. The van der Waals surface area contributed by atoms with Gasteiger partial charge in [-0.2, -0.15) is 0 Å². The molecule has 0 aliphatic rings. The Labute approximate surface area is 147 Å². The van der Waals surface area contributed by atoms with Gasteiger partial charge in [-0.15, -0.1) is 0 Å². The van der Waals surface area contributed by atoms with Gasteiger partial charge < -0.3 is 15.2 Å². The normalized spacial score (nSPS) is 11.8. The highest BCUT2D eigenvalue weighted by molar-refractivity contribution is 5.91. The fourth-order valence-electron chi connectivity index (χ4n) is 2.13. The monoisotopic (exact) mass is 341 g/mol. The Morgan fingerprint density at radius 2 is 1.48 bits per heavy atom. The lowest BCUT2D eigenvalue weighted by atomic mass is 10.0. The first kappa shape index (κ1) is 18.5. The van der Waals surface area contributed by atoms with Crippen LogP contribution < -0.4 is 5.32 Å². The van der Waals surface area contributed by atoms with Gasteiger partial charge in [0, 0.05) is 6.04 Å². The summed E-state index contributed by atoms with van der Waals surface area (Å²) in [6, 6.07) is 13.7. The van der Waals surface area contributed by atoms with Crippen molar-refractivity contribution < 1.29 is 19.4 Å². The van der Waals surface area contributed by atoms with Crippen LogP contribution in [0, 0.1) is 5.92 Å². The van der Waals surface area contributed by atoms with Crippen LogP contribution in [0.2, 0.25) is 0 Å². The third-order valence-electron chi connectivity index (χ3n) is 4.04. The number of nitrogens with one attached hydrogen (secondary N) is 1. The molecular formula is C20H23NO4. The molecule has 2 aromatic rings. The van der Waals surface area contributed by atoms with E-state index in [1.807, 2.05) is 20.8 Å². The summed E-state index contributed by atoms with van der Waals surface area (Å²) in [4.78, 5) is 23.8. The van der Waals surface area contributed by atoms with E-state index in [1.165, 1.54) is 0 Å². The molecular weight excluding hydrogens is 318 g/mol. The average molecular weight is 341 g/mol. The first-order valence-electron chi connectivity index (χ1n) is 8.23. The van der Waals surface area contributed by atoms with Crippen LogP contribution in [0.25, 0.3) is 11.1 Å². The number of rotatable bonds is 6. The molecule has 0 fully saturated rings. The number of ether oxygens (including phenoxy) is 1. The Hall–Kier alpha value is -2.82. The van der Waals surface area contributed by atoms with Gasteiger partial charge in [-0.25, -0.2) is 4.79 Å². The summed E-state index contributed by atoms with van der Waals surface area (Å²) in [6.45, 7) is 5.63. The molecule has 0 saturated heterocycles. The van der Waals surface area contributed by atoms with Gasteiger partial charge in [0.1, 0.15) is 5.75 Å². The van der Waals surface area contributed by atoms with Crippen molar-refractivity contribution in [2.75, 3.05) is 6.61 Å². The van der Waals surface area contributed by atoms with E-state index >= 15 is 0 Å². The van der Waals surface area contributed by atoms with Crippen LogP contribution in [0.3, 0.4) is 0 Å². The maximum atomic E-state index is 12.0. The van der Waals surface area contributed by atoms with Crippen LogP contribution in [-0.2, 0) is 9.53 Å². The predicted molar refractivity (Wildman–Crippen MR) is 96.3 cm³/mol. The van der Waals surface area contributed by atoms with E-state index in [0.29, 0.717) is 11.5 Å². The van der Waals surface area contributed by atoms with Crippen molar-refractivity contribution in [3.05, 3.63) is 54.1 Å². The minimum absolute atomic E-state index is 0.0239. The van der Waals surface area contributed by atoms with E-state index in [0.717, 1.165) is 11.1 Å². The average Bonchev–Trinajstić information content (AvgIpc) is 2.60. The first-order valence-corrected chi connectivity index (χ1v) is 8.23. The molecule has 0 heterocycles. The van der Waals surface area contributed by atoms with Crippen molar-refractivity contribution in [2.24, 2.45) is 5.92 Å². The number of phenols is 1. The molecule has 2 N–H and O–H groups in total. The van der Waals surface area contributed by atoms with E-state index in [2.05, 4.69) is 5.32 Å². The third kappa shape index (κ3) is 5.35. The molecule has 5 heteroatoms. The van der Waals surface area contributed by atoms with Crippen LogP contribution in [0.1, 0.15) is 31.1 Å². The Morgan fingerprint density at radius 3 is 2.00 bits per heavy atom. The van der Waals surface area contributed by atoms with Crippen LogP contribution in [-0.4, -0.2) is 29.6 Å². The number of hydrogen-bond donors (Lipinski definition) is 2. The van der Waals surface area contributed by atoms with Crippen molar-refractivity contribution >= 4 is 11.9 Å². The van der Waals surface area contributed by atoms with Crippen LogP contribution in [0.15, 0.2) is 48.5 Å². The molecule has 0 aromatic heterocycles. The van der Waals surface area contributed by atoms with Gasteiger partial charge in [-0.05, 0) is 48.2 Å². The van der Waals surface area contributed by atoms with Gasteiger partial charge in [0.15, 0.2) is 6.61 Å². The molecule has 0 aliphatic heterocycles. The molecule has 25 heavy (non-hydrogen) atoms. The molecule has 0 unspecified atom stereocenters. The minimum Gasteiger partial charge on any atom is -0.508 e. The maximum absolute atomic E-state index is 12.0. The van der Waals surface area contributed by atoms with Gasteiger partial charge >= 0.3 is 5.97 Å². The summed E-state index contributed by atoms with van der Waals surface area (Å²) in [7, 11) is 0. The molecule has 2 aromatic carbocycles. The third-order valence-corrected chi connectivity index (χ3v) is 4.04. The highest BCUT2D eigenvalue weighted by atomic mass is 16.5. The second-order valence-electron chi connectivity index (χ2n) is 6.30. The Bertz CT molecular complexity index is 720. The first-order chi connectivity index (χ1) is 11.9. The lowest BCUT2D eigenvalue weighted by molar-refractivity contribution is -0.125. The van der Waals surface area contributed by atoms with Crippen molar-refractivity contribution in [1.82, 2.24) is 5.32 Å². The molecule has 1 amide bonds. The quantitative estimate of drug-likeness (QED) is 0.790. The van der Waals surface area contributed by atoms with E-state index in [1.54, 1.807) is 48.5 Å². The fraction of sp³-hybridized carbons (Fsp3) is 0.300. The van der Waals surface area contributed by atoms with Crippen molar-refractivity contribution in [3.63, 3.8) is 0 Å². The van der Waals surface area contributed by atoms with Crippen molar-refractivity contribution in [3.8, 4) is 16.9 Å². The summed E-state index contributed by atoms with van der Waals surface area (Å²) in [6.07, 6.45) is 0. The molecule has 0 aliphatic carbocycles. The highest BCUT2D eigenvalue weighted by Gasteiger charge is 2.14. The number of aromatic hydroxyl groups is 1. The second-order valence-corrected chi connectivity index (χ2v) is 6.30. The van der Waals surface area contributed by atoms with Crippen LogP contribution in [0.5, 0.6) is 5.75 Å². The zero-order valence-electron chi connectivity index (χ0n) is 14.7. The topological polar surface area (TPSA) is 75.6 Å². The van der Waals surface area contributed by atoms with Gasteiger partial charge in [-0.1, -0.05) is 38.1 Å². The molecule has 0 radical (unpaired) electrons. The number of carbonyl (C=O) groups excluding carboxylic acids is 2. The number of amides is 1. The van der Waals surface area contributed by atoms with Gasteiger partial charge in [0.2, 0.25) is 0 Å². The highest BCUT2D eigenvalue weighted by Crippen LogP contribution is 2.22. The molecule has 5 nitrogen and oxygen atoms in total. The van der Waals surface area contributed by atoms with Gasteiger partial charge in [0.05, 0.1) is 5.56 Å². The van der Waals surface area contributed by atoms with Crippen molar-refractivity contribution in [2.45, 2.75) is 26.8 Å². The molecule has 2 rings (SSSR count). The smallest absolute Gasteiger partial charge is 0.338 e. The van der Waals surface area contributed by atoms with E-state index < -0.39 is 5.97 Å². The molecule has 0 spiro atoms. The fourth-order valence-corrected chi connectivity index (χ4v) is 2.13. The Balaban J connectivity index is 1.92. The largest absolute Gasteiger partial charge is 0.508 e. The van der Waals surface area contributed by atoms with Crippen LogP contribution >= 0.6 is 0 Å². The number of phenolic OH excluding ortho intramolecular Hbond substituents is 1. The number of esters is 1. The predicted octanol–water partition coefficient (Wildman–Crippen LogP) is 3.38. The summed E-state index contributed by atoms with van der Waals surface area (Å²) >= 11 is 0.